The Kier molecular flexibility index (Phi) is 6.01. The summed E-state index contributed by atoms with van der Waals surface area (Å²) >= 11 is 0. The van der Waals surface area contributed by atoms with Gasteiger partial charge in [-0.15, -0.1) is 0 Å². The van der Waals surface area contributed by atoms with Crippen LogP contribution in [-0.4, -0.2) is 25.5 Å². The molecule has 0 aliphatic carbocycles. The van der Waals surface area contributed by atoms with Crippen LogP contribution in [0.4, 0.5) is 0 Å². The van der Waals surface area contributed by atoms with Crippen molar-refractivity contribution >= 4 is 11.8 Å². The largest absolute Gasteiger partial charge is 0.496 e. The van der Waals surface area contributed by atoms with E-state index < -0.39 is 0 Å². The Hall–Kier alpha value is -2.76. The molecule has 0 aliphatic heterocycles. The van der Waals surface area contributed by atoms with Crippen LogP contribution in [-0.2, 0) is 4.79 Å². The Balaban J connectivity index is 1.95. The quantitative estimate of drug-likeness (QED) is 0.818. The summed E-state index contributed by atoms with van der Waals surface area (Å²) in [5.41, 5.74) is 1.34. The highest BCUT2D eigenvalue weighted by atomic mass is 16.5. The maximum Gasteiger partial charge on any atom is 0.255 e. The number of hydrogen-bond donors (Lipinski definition) is 2. The third-order valence-corrected chi connectivity index (χ3v) is 3.77. The molecule has 0 fully saturated rings. The molecule has 128 valence electrons. The molecule has 0 bridgehead atoms. The van der Waals surface area contributed by atoms with E-state index in [4.69, 9.17) is 9.15 Å². The lowest BCUT2D eigenvalue weighted by atomic mass is 10.0. The van der Waals surface area contributed by atoms with Crippen LogP contribution in [0.1, 0.15) is 41.1 Å². The van der Waals surface area contributed by atoms with Gasteiger partial charge in [-0.1, -0.05) is 25.1 Å². The van der Waals surface area contributed by atoms with Gasteiger partial charge in [-0.05, 0) is 25.5 Å². The summed E-state index contributed by atoms with van der Waals surface area (Å²) in [5.74, 6) is 0.653. The summed E-state index contributed by atoms with van der Waals surface area (Å²) in [4.78, 5) is 24.1. The van der Waals surface area contributed by atoms with Crippen molar-refractivity contribution in [3.63, 3.8) is 0 Å². The van der Waals surface area contributed by atoms with Gasteiger partial charge in [0.15, 0.2) is 0 Å². The smallest absolute Gasteiger partial charge is 0.255 e. The molecule has 2 amide bonds. The first-order chi connectivity index (χ1) is 11.6. The zero-order chi connectivity index (χ0) is 17.5. The second-order valence-electron chi connectivity index (χ2n) is 5.34. The Labute approximate surface area is 141 Å². The molecule has 0 saturated heterocycles. The molecule has 2 rings (SSSR count). The molecule has 0 spiro atoms. The third kappa shape index (κ3) is 4.16. The molecule has 0 saturated carbocycles. The first-order valence-corrected chi connectivity index (χ1v) is 7.81. The van der Waals surface area contributed by atoms with E-state index >= 15 is 0 Å². The van der Waals surface area contributed by atoms with Crippen molar-refractivity contribution < 1.29 is 18.7 Å². The molecule has 1 atom stereocenters. The highest BCUT2D eigenvalue weighted by Crippen LogP contribution is 2.26. The standard InChI is InChI=1S/C18H22N2O4/c1-4-15(14-7-5-6-8-16(14)23-3)20-17(21)11-19-18(22)13-9-10-24-12(13)2/h5-10,15H,4,11H2,1-3H3,(H,19,22)(H,20,21)/t15-/m1/s1. The number of amides is 2. The van der Waals surface area contributed by atoms with Gasteiger partial charge in [-0.25, -0.2) is 0 Å². The van der Waals surface area contributed by atoms with Crippen molar-refractivity contribution in [2.24, 2.45) is 0 Å². The molecule has 1 heterocycles. The Bertz CT molecular complexity index is 709. The highest BCUT2D eigenvalue weighted by molar-refractivity contribution is 5.97. The monoisotopic (exact) mass is 330 g/mol. The molecule has 6 nitrogen and oxygen atoms in total. The van der Waals surface area contributed by atoms with Gasteiger partial charge in [-0.2, -0.15) is 0 Å². The van der Waals surface area contributed by atoms with Crippen LogP contribution in [0.3, 0.4) is 0 Å². The number of carbonyl (C=O) groups is 2. The summed E-state index contributed by atoms with van der Waals surface area (Å²) in [6.45, 7) is 3.57. The van der Waals surface area contributed by atoms with Gasteiger partial charge in [0, 0.05) is 5.56 Å². The van der Waals surface area contributed by atoms with Gasteiger partial charge in [0.05, 0.1) is 31.5 Å². The molecule has 0 aliphatic rings. The second-order valence-corrected chi connectivity index (χ2v) is 5.34. The number of methoxy groups -OCH3 is 1. The fourth-order valence-corrected chi connectivity index (χ4v) is 2.48. The van der Waals surface area contributed by atoms with E-state index in [9.17, 15) is 9.59 Å². The molecular formula is C18H22N2O4. The molecule has 2 N–H and O–H groups in total. The average Bonchev–Trinajstić information content (AvgIpc) is 3.03. The van der Waals surface area contributed by atoms with Gasteiger partial charge in [0.1, 0.15) is 11.5 Å². The average molecular weight is 330 g/mol. The fraction of sp³-hybridized carbons (Fsp3) is 0.333. The number of hydrogen-bond acceptors (Lipinski definition) is 4. The fourth-order valence-electron chi connectivity index (χ4n) is 2.48. The number of aryl methyl sites for hydroxylation is 1. The predicted octanol–water partition coefficient (Wildman–Crippen LogP) is 2.59. The van der Waals surface area contributed by atoms with Crippen LogP contribution in [0, 0.1) is 6.92 Å². The van der Waals surface area contributed by atoms with Crippen molar-refractivity contribution in [3.8, 4) is 5.75 Å². The molecule has 1 aromatic heterocycles. The normalized spacial score (nSPS) is 11.6. The van der Waals surface area contributed by atoms with Crippen LogP contribution >= 0.6 is 0 Å². The third-order valence-electron chi connectivity index (χ3n) is 3.77. The predicted molar refractivity (Wildman–Crippen MR) is 89.9 cm³/mol. The van der Waals surface area contributed by atoms with E-state index in [0.29, 0.717) is 17.7 Å². The first kappa shape index (κ1) is 17.6. The lowest BCUT2D eigenvalue weighted by molar-refractivity contribution is -0.120. The highest BCUT2D eigenvalue weighted by Gasteiger charge is 2.18. The van der Waals surface area contributed by atoms with E-state index in [1.165, 1.54) is 6.26 Å². The topological polar surface area (TPSA) is 80.6 Å². The van der Waals surface area contributed by atoms with Crippen molar-refractivity contribution in [1.29, 1.82) is 0 Å². The summed E-state index contributed by atoms with van der Waals surface area (Å²) in [7, 11) is 1.60. The molecule has 6 heteroatoms. The number of benzene rings is 1. The van der Waals surface area contributed by atoms with E-state index in [-0.39, 0.29) is 24.4 Å². The Morgan fingerprint density at radius 1 is 1.25 bits per heavy atom. The van der Waals surface area contributed by atoms with Gasteiger partial charge >= 0.3 is 0 Å². The van der Waals surface area contributed by atoms with Crippen LogP contribution in [0.2, 0.25) is 0 Å². The van der Waals surface area contributed by atoms with E-state index in [2.05, 4.69) is 10.6 Å². The van der Waals surface area contributed by atoms with Crippen molar-refractivity contribution in [1.82, 2.24) is 10.6 Å². The van der Waals surface area contributed by atoms with Gasteiger partial charge in [0.2, 0.25) is 5.91 Å². The number of ether oxygens (including phenoxy) is 1. The number of carbonyl (C=O) groups excluding carboxylic acids is 2. The van der Waals surface area contributed by atoms with Crippen LogP contribution < -0.4 is 15.4 Å². The Morgan fingerprint density at radius 2 is 2.00 bits per heavy atom. The Morgan fingerprint density at radius 3 is 2.62 bits per heavy atom. The molecule has 1 aromatic carbocycles. The molecule has 0 radical (unpaired) electrons. The van der Waals surface area contributed by atoms with Gasteiger partial charge in [0.25, 0.3) is 5.91 Å². The molecule has 24 heavy (non-hydrogen) atoms. The molecular weight excluding hydrogens is 308 g/mol. The van der Waals surface area contributed by atoms with Gasteiger partial charge < -0.3 is 19.8 Å². The van der Waals surface area contributed by atoms with Crippen LogP contribution in [0.25, 0.3) is 0 Å². The first-order valence-electron chi connectivity index (χ1n) is 7.81. The molecule has 0 unspecified atom stereocenters. The van der Waals surface area contributed by atoms with Crippen molar-refractivity contribution in [2.75, 3.05) is 13.7 Å². The van der Waals surface area contributed by atoms with E-state index in [1.54, 1.807) is 20.1 Å². The SMILES string of the molecule is CC[C@@H](NC(=O)CNC(=O)c1ccoc1C)c1ccccc1OC. The number of para-hydroxylation sites is 1. The van der Waals surface area contributed by atoms with Crippen molar-refractivity contribution in [3.05, 3.63) is 53.5 Å². The zero-order valence-electron chi connectivity index (χ0n) is 14.1. The van der Waals surface area contributed by atoms with Gasteiger partial charge in [-0.3, -0.25) is 9.59 Å². The number of furan rings is 1. The lowest BCUT2D eigenvalue weighted by Gasteiger charge is -2.20. The summed E-state index contributed by atoms with van der Waals surface area (Å²) in [6.07, 6.45) is 2.15. The second kappa shape index (κ2) is 8.19. The maximum absolute atomic E-state index is 12.2. The minimum absolute atomic E-state index is 0.102. The minimum atomic E-state index is -0.332. The summed E-state index contributed by atoms with van der Waals surface area (Å²) < 4.78 is 10.4. The van der Waals surface area contributed by atoms with Crippen molar-refractivity contribution in [2.45, 2.75) is 26.3 Å². The zero-order valence-corrected chi connectivity index (χ0v) is 14.1. The van der Waals surface area contributed by atoms with E-state index in [1.807, 2.05) is 31.2 Å². The summed E-state index contributed by atoms with van der Waals surface area (Å²) in [6, 6.07) is 8.95. The maximum atomic E-state index is 12.2. The minimum Gasteiger partial charge on any atom is -0.496 e. The van der Waals surface area contributed by atoms with Crippen LogP contribution in [0.5, 0.6) is 5.75 Å². The number of rotatable bonds is 7. The molecule has 2 aromatic rings. The lowest BCUT2D eigenvalue weighted by Crippen LogP contribution is -2.38. The number of nitrogens with one attached hydrogen (secondary N) is 2. The summed E-state index contributed by atoms with van der Waals surface area (Å²) in [5, 5.41) is 5.51. The van der Waals surface area contributed by atoms with Crippen LogP contribution in [0.15, 0.2) is 41.0 Å². The van der Waals surface area contributed by atoms with E-state index in [0.717, 1.165) is 11.3 Å².